The Morgan fingerprint density at radius 1 is 1.00 bits per heavy atom. The van der Waals surface area contributed by atoms with Gasteiger partial charge in [-0.3, -0.25) is 9.69 Å². The molecule has 118 valence electrons. The highest BCUT2D eigenvalue weighted by molar-refractivity contribution is 5.72. The molecule has 5 fully saturated rings. The van der Waals surface area contributed by atoms with E-state index in [4.69, 9.17) is 4.74 Å². The lowest BCUT2D eigenvalue weighted by atomic mass is 9.50. The van der Waals surface area contributed by atoms with Gasteiger partial charge >= 0.3 is 5.97 Å². The van der Waals surface area contributed by atoms with Crippen LogP contribution in [0, 0.1) is 23.7 Å². The van der Waals surface area contributed by atoms with Crippen molar-refractivity contribution in [3.8, 4) is 0 Å². The maximum Gasteiger partial charge on any atom is 0.320 e. The summed E-state index contributed by atoms with van der Waals surface area (Å²) in [7, 11) is 0. The van der Waals surface area contributed by atoms with E-state index in [1.807, 2.05) is 0 Å². The van der Waals surface area contributed by atoms with Crippen LogP contribution >= 0.6 is 0 Å². The molecule has 0 aromatic carbocycles. The van der Waals surface area contributed by atoms with Gasteiger partial charge in [-0.25, -0.2) is 0 Å². The van der Waals surface area contributed by atoms with E-state index in [9.17, 15) is 4.79 Å². The van der Waals surface area contributed by atoms with Crippen molar-refractivity contribution >= 4 is 5.97 Å². The quantitative estimate of drug-likeness (QED) is 0.748. The van der Waals surface area contributed by atoms with E-state index in [2.05, 4.69) is 11.8 Å². The molecule has 3 nitrogen and oxygen atoms in total. The fourth-order valence-electron chi connectivity index (χ4n) is 5.86. The van der Waals surface area contributed by atoms with Gasteiger partial charge in [-0.15, -0.1) is 0 Å². The summed E-state index contributed by atoms with van der Waals surface area (Å²) in [6.07, 6.45) is 10.5. The Morgan fingerprint density at radius 2 is 1.57 bits per heavy atom. The van der Waals surface area contributed by atoms with E-state index < -0.39 is 0 Å². The molecule has 0 spiro atoms. The Morgan fingerprint density at radius 3 is 2.14 bits per heavy atom. The number of carbonyl (C=O) groups excluding carboxylic acids is 1. The highest BCUT2D eigenvalue weighted by Crippen LogP contribution is 2.59. The second-order valence-corrected chi connectivity index (χ2v) is 8.30. The van der Waals surface area contributed by atoms with E-state index in [-0.39, 0.29) is 11.6 Å². The van der Waals surface area contributed by atoms with Crippen molar-refractivity contribution in [3.63, 3.8) is 0 Å². The summed E-state index contributed by atoms with van der Waals surface area (Å²) in [5.74, 6) is 3.17. The Labute approximate surface area is 128 Å². The minimum Gasteiger partial charge on any atom is -0.458 e. The lowest BCUT2D eigenvalue weighted by molar-refractivity contribution is -0.204. The Hall–Kier alpha value is -0.570. The summed E-state index contributed by atoms with van der Waals surface area (Å²) in [6.45, 7) is 4.90. The predicted molar refractivity (Wildman–Crippen MR) is 81.8 cm³/mol. The van der Waals surface area contributed by atoms with E-state index in [1.165, 1.54) is 51.4 Å². The number of nitrogens with zero attached hydrogens (tertiary/aromatic N) is 1. The summed E-state index contributed by atoms with van der Waals surface area (Å²) in [4.78, 5) is 14.7. The zero-order valence-electron chi connectivity index (χ0n) is 13.4. The zero-order chi connectivity index (χ0) is 14.4. The molecule has 1 aliphatic heterocycles. The molecule has 0 aromatic heterocycles. The van der Waals surface area contributed by atoms with Gasteiger partial charge in [0.05, 0.1) is 6.54 Å². The number of likely N-dealkylation sites (tertiary alicyclic amines) is 1. The average molecular weight is 291 g/mol. The number of piperidine rings is 1. The van der Waals surface area contributed by atoms with Crippen LogP contribution in [0.2, 0.25) is 0 Å². The Kier molecular flexibility index (Phi) is 3.52. The number of hydrogen-bond acceptors (Lipinski definition) is 3. The van der Waals surface area contributed by atoms with Crippen LogP contribution in [0.25, 0.3) is 0 Å². The molecule has 5 rings (SSSR count). The van der Waals surface area contributed by atoms with Gasteiger partial charge in [0.25, 0.3) is 0 Å². The second-order valence-electron chi connectivity index (χ2n) is 8.30. The fraction of sp³-hybridized carbons (Fsp3) is 0.944. The minimum atomic E-state index is -0.152. The van der Waals surface area contributed by atoms with Gasteiger partial charge in [0.1, 0.15) is 5.60 Å². The van der Waals surface area contributed by atoms with E-state index >= 15 is 0 Å². The van der Waals surface area contributed by atoms with Gasteiger partial charge in [0, 0.05) is 0 Å². The summed E-state index contributed by atoms with van der Waals surface area (Å²) in [6, 6.07) is 0. The van der Waals surface area contributed by atoms with Crippen LogP contribution < -0.4 is 0 Å². The lowest BCUT2D eigenvalue weighted by Crippen LogP contribution is -2.58. The standard InChI is InChI=1S/C18H29NO2/c1-18(21-17(20)12-19-5-3-2-4-6-19)15-8-13-7-14(10-15)11-16(18)9-13/h13-16H,2-12H2,1H3. The van der Waals surface area contributed by atoms with Crippen molar-refractivity contribution in [1.82, 2.24) is 4.90 Å². The molecule has 3 heteroatoms. The summed E-state index contributed by atoms with van der Waals surface area (Å²) >= 11 is 0. The normalized spacial score (nSPS) is 45.8. The van der Waals surface area contributed by atoms with Crippen LogP contribution in [0.15, 0.2) is 0 Å². The maximum atomic E-state index is 12.4. The largest absolute Gasteiger partial charge is 0.458 e. The molecule has 0 N–H and O–H groups in total. The second kappa shape index (κ2) is 5.26. The van der Waals surface area contributed by atoms with Gasteiger partial charge in [0.2, 0.25) is 0 Å². The third-order valence-corrected chi connectivity index (χ3v) is 6.89. The SMILES string of the molecule is CC1(OC(=O)CN2CCCCC2)C2CC3CC(C2)CC1C3. The lowest BCUT2D eigenvalue weighted by Gasteiger charge is -2.59. The van der Waals surface area contributed by atoms with Crippen LogP contribution in [0.5, 0.6) is 0 Å². The third-order valence-electron chi connectivity index (χ3n) is 6.89. The van der Waals surface area contributed by atoms with E-state index in [0.29, 0.717) is 18.4 Å². The van der Waals surface area contributed by atoms with Crippen molar-refractivity contribution in [1.29, 1.82) is 0 Å². The number of rotatable bonds is 3. The van der Waals surface area contributed by atoms with Crippen molar-refractivity contribution < 1.29 is 9.53 Å². The van der Waals surface area contributed by atoms with Gasteiger partial charge in [-0.2, -0.15) is 0 Å². The van der Waals surface area contributed by atoms with E-state index in [1.54, 1.807) is 0 Å². The monoisotopic (exact) mass is 291 g/mol. The first-order chi connectivity index (χ1) is 10.1. The fourth-order valence-corrected chi connectivity index (χ4v) is 5.86. The Bertz CT molecular complexity index is 385. The number of hydrogen-bond donors (Lipinski definition) is 0. The molecule has 0 aromatic rings. The van der Waals surface area contributed by atoms with Crippen LogP contribution in [-0.4, -0.2) is 36.1 Å². The molecule has 1 heterocycles. The predicted octanol–water partition coefficient (Wildman–Crippen LogP) is 3.23. The van der Waals surface area contributed by atoms with Crippen LogP contribution in [0.3, 0.4) is 0 Å². The molecule has 1 saturated heterocycles. The highest BCUT2D eigenvalue weighted by atomic mass is 16.6. The van der Waals surface area contributed by atoms with Crippen molar-refractivity contribution in [2.24, 2.45) is 23.7 Å². The van der Waals surface area contributed by atoms with E-state index in [0.717, 1.165) is 24.9 Å². The number of esters is 1. The van der Waals surface area contributed by atoms with Gasteiger partial charge in [0.15, 0.2) is 0 Å². The summed E-state index contributed by atoms with van der Waals surface area (Å²) in [5.41, 5.74) is -0.152. The van der Waals surface area contributed by atoms with Crippen molar-refractivity contribution in [2.45, 2.75) is 63.9 Å². The smallest absolute Gasteiger partial charge is 0.320 e. The van der Waals surface area contributed by atoms with Gasteiger partial charge < -0.3 is 4.74 Å². The molecule has 21 heavy (non-hydrogen) atoms. The first-order valence-electron chi connectivity index (χ1n) is 9.07. The molecule has 4 saturated carbocycles. The third kappa shape index (κ3) is 2.52. The Balaban J connectivity index is 1.40. The van der Waals surface area contributed by atoms with Gasteiger partial charge in [-0.05, 0) is 88.6 Å². The molecule has 4 aliphatic carbocycles. The van der Waals surface area contributed by atoms with Crippen LogP contribution in [0.4, 0.5) is 0 Å². The summed E-state index contributed by atoms with van der Waals surface area (Å²) < 4.78 is 6.14. The maximum absolute atomic E-state index is 12.4. The topological polar surface area (TPSA) is 29.5 Å². The first-order valence-corrected chi connectivity index (χ1v) is 9.07. The molecule has 0 amide bonds. The molecule has 0 atom stereocenters. The van der Waals surface area contributed by atoms with Crippen molar-refractivity contribution in [2.75, 3.05) is 19.6 Å². The molecule has 5 aliphatic rings. The molecule has 4 bridgehead atoms. The molecule has 0 unspecified atom stereocenters. The highest BCUT2D eigenvalue weighted by Gasteiger charge is 2.57. The number of carbonyl (C=O) groups is 1. The zero-order valence-corrected chi connectivity index (χ0v) is 13.4. The first kappa shape index (κ1) is 14.0. The average Bonchev–Trinajstić information content (AvgIpc) is 2.45. The minimum absolute atomic E-state index is 0.0341. The molecular formula is C18H29NO2. The van der Waals surface area contributed by atoms with Crippen LogP contribution in [0.1, 0.15) is 58.3 Å². The van der Waals surface area contributed by atoms with Gasteiger partial charge in [-0.1, -0.05) is 6.42 Å². The molecule has 0 radical (unpaired) electrons. The summed E-state index contributed by atoms with van der Waals surface area (Å²) in [5, 5.41) is 0. The molecular weight excluding hydrogens is 262 g/mol. The number of ether oxygens (including phenoxy) is 1. The van der Waals surface area contributed by atoms with Crippen molar-refractivity contribution in [3.05, 3.63) is 0 Å². The van der Waals surface area contributed by atoms with Crippen LogP contribution in [-0.2, 0) is 9.53 Å².